The van der Waals surface area contributed by atoms with E-state index >= 15 is 0 Å². The number of β-amino-alcohol motifs (C(OH)–C–C–N with tert-alkyl or cyclic N) is 1. The molecule has 0 bridgehead atoms. The summed E-state index contributed by atoms with van der Waals surface area (Å²) in [6, 6.07) is 7.15. The third kappa shape index (κ3) is 3.72. The van der Waals surface area contributed by atoms with Gasteiger partial charge >= 0.3 is 0 Å². The lowest BCUT2D eigenvalue weighted by molar-refractivity contribution is 0.0524. The topological polar surface area (TPSA) is 43.8 Å². The van der Waals surface area contributed by atoms with Crippen molar-refractivity contribution in [1.82, 2.24) is 9.80 Å². The summed E-state index contributed by atoms with van der Waals surface area (Å²) in [6.45, 7) is 5.62. The Labute approximate surface area is 124 Å². The minimum absolute atomic E-state index is 0.00806. The molecule has 1 aromatic rings. The third-order valence-corrected chi connectivity index (χ3v) is 4.03. The first-order valence-electron chi connectivity index (χ1n) is 7.06. The van der Waals surface area contributed by atoms with Crippen molar-refractivity contribution in [3.05, 3.63) is 34.9 Å². The Balaban J connectivity index is 1.91. The number of hydrogen-bond acceptors (Lipinski definition) is 3. The van der Waals surface area contributed by atoms with Crippen molar-refractivity contribution in [2.24, 2.45) is 0 Å². The highest BCUT2D eigenvalue weighted by Gasteiger charge is 2.24. The number of carbonyl (C=O) groups is 1. The van der Waals surface area contributed by atoms with Gasteiger partial charge in [-0.15, -0.1) is 0 Å². The number of amides is 1. The van der Waals surface area contributed by atoms with E-state index in [-0.39, 0.29) is 12.0 Å². The maximum Gasteiger partial charge on any atom is 0.255 e. The maximum atomic E-state index is 12.4. The van der Waals surface area contributed by atoms with Crippen LogP contribution < -0.4 is 0 Å². The van der Waals surface area contributed by atoms with Crippen LogP contribution in [0, 0.1) is 0 Å². The highest BCUT2D eigenvalue weighted by atomic mass is 35.5. The van der Waals surface area contributed by atoms with Gasteiger partial charge in [0.25, 0.3) is 5.91 Å². The Morgan fingerprint density at radius 2 is 1.95 bits per heavy atom. The Kier molecular flexibility index (Phi) is 5.40. The lowest BCUT2D eigenvalue weighted by Crippen LogP contribution is -2.50. The summed E-state index contributed by atoms with van der Waals surface area (Å²) in [5.41, 5.74) is 0.566. The van der Waals surface area contributed by atoms with Crippen LogP contribution in [0.5, 0.6) is 0 Å². The molecular weight excluding hydrogens is 276 g/mol. The summed E-state index contributed by atoms with van der Waals surface area (Å²) >= 11 is 6.06. The molecule has 110 valence electrons. The quantitative estimate of drug-likeness (QED) is 0.922. The largest absolute Gasteiger partial charge is 0.392 e. The molecule has 0 saturated carbocycles. The van der Waals surface area contributed by atoms with Gasteiger partial charge in [-0.3, -0.25) is 9.69 Å². The average molecular weight is 297 g/mol. The first-order valence-corrected chi connectivity index (χ1v) is 7.43. The molecule has 1 atom stereocenters. The molecule has 1 unspecified atom stereocenters. The van der Waals surface area contributed by atoms with E-state index < -0.39 is 0 Å². The molecule has 1 saturated heterocycles. The average Bonchev–Trinajstić information content (AvgIpc) is 2.47. The summed E-state index contributed by atoms with van der Waals surface area (Å²) in [5.74, 6) is -0.00806. The van der Waals surface area contributed by atoms with Gasteiger partial charge in [0.2, 0.25) is 0 Å². The Bertz CT molecular complexity index is 459. The van der Waals surface area contributed by atoms with Gasteiger partial charge in [-0.25, -0.2) is 0 Å². The molecule has 1 aliphatic rings. The summed E-state index contributed by atoms with van der Waals surface area (Å²) in [6.07, 6.45) is 0.486. The van der Waals surface area contributed by atoms with Gasteiger partial charge in [-0.05, 0) is 18.6 Å². The van der Waals surface area contributed by atoms with Gasteiger partial charge in [0.15, 0.2) is 0 Å². The van der Waals surface area contributed by atoms with Crippen molar-refractivity contribution in [3.63, 3.8) is 0 Å². The first kappa shape index (κ1) is 15.3. The molecule has 1 amide bonds. The lowest BCUT2D eigenvalue weighted by atomic mass is 10.1. The van der Waals surface area contributed by atoms with E-state index in [4.69, 9.17) is 11.6 Å². The van der Waals surface area contributed by atoms with Crippen molar-refractivity contribution >= 4 is 17.5 Å². The second-order valence-corrected chi connectivity index (χ2v) is 5.54. The van der Waals surface area contributed by atoms with Crippen molar-refractivity contribution in [2.75, 3.05) is 32.7 Å². The summed E-state index contributed by atoms with van der Waals surface area (Å²) in [5, 5.41) is 10.2. The predicted octanol–water partition coefficient (Wildman–Crippen LogP) is 1.87. The number of aliphatic hydroxyl groups excluding tert-OH is 1. The smallest absolute Gasteiger partial charge is 0.255 e. The number of nitrogens with zero attached hydrogens (tertiary/aromatic N) is 2. The number of halogens is 1. The van der Waals surface area contributed by atoms with Crippen LogP contribution in [0.2, 0.25) is 5.02 Å². The zero-order chi connectivity index (χ0) is 14.5. The number of piperazine rings is 1. The molecule has 1 heterocycles. The van der Waals surface area contributed by atoms with Gasteiger partial charge in [-0.2, -0.15) is 0 Å². The zero-order valence-electron chi connectivity index (χ0n) is 11.8. The van der Waals surface area contributed by atoms with Crippen LogP contribution in [0.25, 0.3) is 0 Å². The molecule has 5 heteroatoms. The van der Waals surface area contributed by atoms with Gasteiger partial charge in [0, 0.05) is 32.7 Å². The summed E-state index contributed by atoms with van der Waals surface area (Å²) in [7, 11) is 0. The van der Waals surface area contributed by atoms with Crippen LogP contribution in [0.4, 0.5) is 0 Å². The number of benzene rings is 1. The lowest BCUT2D eigenvalue weighted by Gasteiger charge is -2.35. The normalized spacial score (nSPS) is 18.1. The van der Waals surface area contributed by atoms with Crippen molar-refractivity contribution < 1.29 is 9.90 Å². The van der Waals surface area contributed by atoms with Crippen molar-refractivity contribution in [3.8, 4) is 0 Å². The molecule has 0 radical (unpaired) electrons. The van der Waals surface area contributed by atoms with Gasteiger partial charge in [-0.1, -0.05) is 30.7 Å². The van der Waals surface area contributed by atoms with Crippen LogP contribution in [-0.2, 0) is 0 Å². The fourth-order valence-corrected chi connectivity index (χ4v) is 2.58. The Morgan fingerprint density at radius 1 is 1.30 bits per heavy atom. The first-order chi connectivity index (χ1) is 9.61. The fraction of sp³-hybridized carbons (Fsp3) is 0.533. The summed E-state index contributed by atoms with van der Waals surface area (Å²) < 4.78 is 0. The van der Waals surface area contributed by atoms with Crippen LogP contribution in [0.3, 0.4) is 0 Å². The highest BCUT2D eigenvalue weighted by molar-refractivity contribution is 6.33. The van der Waals surface area contributed by atoms with Crippen molar-refractivity contribution in [2.45, 2.75) is 19.4 Å². The monoisotopic (exact) mass is 296 g/mol. The molecule has 20 heavy (non-hydrogen) atoms. The molecule has 2 rings (SSSR count). The highest BCUT2D eigenvalue weighted by Crippen LogP contribution is 2.18. The second-order valence-electron chi connectivity index (χ2n) is 5.13. The van der Waals surface area contributed by atoms with E-state index in [1.807, 2.05) is 24.0 Å². The minimum atomic E-state index is -0.277. The molecule has 1 N–H and O–H groups in total. The molecule has 4 nitrogen and oxygen atoms in total. The summed E-state index contributed by atoms with van der Waals surface area (Å²) in [4.78, 5) is 16.4. The van der Waals surface area contributed by atoms with Crippen LogP contribution in [0.15, 0.2) is 24.3 Å². The molecule has 0 aliphatic carbocycles. The van der Waals surface area contributed by atoms with E-state index in [2.05, 4.69) is 4.90 Å². The SMILES string of the molecule is CCC(O)CN1CCN(C(=O)c2ccccc2Cl)CC1. The standard InChI is InChI=1S/C15H21ClN2O2/c1-2-12(19)11-17-7-9-18(10-8-17)15(20)13-5-3-4-6-14(13)16/h3-6,12,19H,2,7-11H2,1H3. The third-order valence-electron chi connectivity index (χ3n) is 3.70. The maximum absolute atomic E-state index is 12.4. The predicted molar refractivity (Wildman–Crippen MR) is 80.1 cm³/mol. The van der Waals surface area contributed by atoms with Gasteiger partial charge < -0.3 is 10.0 Å². The van der Waals surface area contributed by atoms with E-state index in [0.29, 0.717) is 30.2 Å². The number of hydrogen-bond donors (Lipinski definition) is 1. The fourth-order valence-electron chi connectivity index (χ4n) is 2.37. The van der Waals surface area contributed by atoms with E-state index in [0.717, 1.165) is 19.5 Å². The Hall–Kier alpha value is -1.10. The molecule has 1 fully saturated rings. The van der Waals surface area contributed by atoms with E-state index in [1.165, 1.54) is 0 Å². The van der Waals surface area contributed by atoms with Crippen LogP contribution >= 0.6 is 11.6 Å². The van der Waals surface area contributed by atoms with Crippen LogP contribution in [-0.4, -0.2) is 59.6 Å². The molecule has 1 aromatic carbocycles. The van der Waals surface area contributed by atoms with Gasteiger partial charge in [0.1, 0.15) is 0 Å². The minimum Gasteiger partial charge on any atom is -0.392 e. The second kappa shape index (κ2) is 7.07. The zero-order valence-corrected chi connectivity index (χ0v) is 12.5. The number of carbonyl (C=O) groups excluding carboxylic acids is 1. The van der Waals surface area contributed by atoms with Gasteiger partial charge in [0.05, 0.1) is 16.7 Å². The van der Waals surface area contributed by atoms with Crippen molar-refractivity contribution in [1.29, 1.82) is 0 Å². The molecule has 0 aromatic heterocycles. The molecule has 0 spiro atoms. The molecular formula is C15H21ClN2O2. The Morgan fingerprint density at radius 3 is 2.55 bits per heavy atom. The van der Waals surface area contributed by atoms with E-state index in [1.54, 1.807) is 12.1 Å². The van der Waals surface area contributed by atoms with E-state index in [9.17, 15) is 9.90 Å². The number of aliphatic hydroxyl groups is 1. The molecule has 1 aliphatic heterocycles. The number of rotatable bonds is 4. The van der Waals surface area contributed by atoms with Crippen LogP contribution in [0.1, 0.15) is 23.7 Å².